The SMILES string of the molecule is Nc1cnc(-c2ccc(C3CNCCO3)cc2)nc1-c1ccc(C2CNCCO2)cc1. The molecule has 3 aromatic rings. The van der Waals surface area contributed by atoms with Crippen molar-refractivity contribution in [1.82, 2.24) is 20.6 Å². The molecule has 2 fully saturated rings. The topological polar surface area (TPSA) is 94.3 Å². The van der Waals surface area contributed by atoms with Gasteiger partial charge in [-0.15, -0.1) is 0 Å². The van der Waals surface area contributed by atoms with E-state index in [2.05, 4.69) is 39.9 Å². The van der Waals surface area contributed by atoms with Crippen LogP contribution in [0.15, 0.2) is 54.7 Å². The highest BCUT2D eigenvalue weighted by Gasteiger charge is 2.17. The number of anilines is 1. The van der Waals surface area contributed by atoms with Crippen LogP contribution in [-0.4, -0.2) is 49.4 Å². The molecule has 31 heavy (non-hydrogen) atoms. The van der Waals surface area contributed by atoms with E-state index in [1.165, 1.54) is 0 Å². The number of nitrogens with zero attached hydrogens (tertiary/aromatic N) is 2. The maximum Gasteiger partial charge on any atom is 0.159 e. The van der Waals surface area contributed by atoms with E-state index in [0.29, 0.717) is 11.5 Å². The van der Waals surface area contributed by atoms with Gasteiger partial charge in [-0.1, -0.05) is 48.5 Å². The second-order valence-corrected chi connectivity index (χ2v) is 7.87. The Morgan fingerprint density at radius 2 is 1.32 bits per heavy atom. The second-order valence-electron chi connectivity index (χ2n) is 7.87. The van der Waals surface area contributed by atoms with Gasteiger partial charge in [-0.3, -0.25) is 0 Å². The van der Waals surface area contributed by atoms with Gasteiger partial charge in [0.05, 0.1) is 43.0 Å². The van der Waals surface area contributed by atoms with Gasteiger partial charge < -0.3 is 25.8 Å². The molecule has 2 aromatic carbocycles. The van der Waals surface area contributed by atoms with Crippen LogP contribution in [0.4, 0.5) is 5.69 Å². The normalized spacial score (nSPS) is 21.7. The van der Waals surface area contributed by atoms with Crippen LogP contribution in [0.3, 0.4) is 0 Å². The van der Waals surface area contributed by atoms with Crippen molar-refractivity contribution in [3.63, 3.8) is 0 Å². The number of nitrogen functional groups attached to an aromatic ring is 1. The molecule has 0 aliphatic carbocycles. The van der Waals surface area contributed by atoms with Gasteiger partial charge in [-0.2, -0.15) is 0 Å². The molecule has 5 rings (SSSR count). The van der Waals surface area contributed by atoms with Crippen LogP contribution in [0.5, 0.6) is 0 Å². The molecule has 3 heterocycles. The Morgan fingerprint density at radius 1 is 0.774 bits per heavy atom. The van der Waals surface area contributed by atoms with E-state index in [9.17, 15) is 0 Å². The first kappa shape index (κ1) is 20.1. The Labute approximate surface area is 182 Å². The summed E-state index contributed by atoms with van der Waals surface area (Å²) in [7, 11) is 0. The van der Waals surface area contributed by atoms with Gasteiger partial charge in [0.1, 0.15) is 0 Å². The maximum atomic E-state index is 6.22. The molecule has 2 aliphatic rings. The second kappa shape index (κ2) is 9.11. The highest BCUT2D eigenvalue weighted by molar-refractivity contribution is 5.74. The average molecular weight is 418 g/mol. The van der Waals surface area contributed by atoms with Gasteiger partial charge in [0.2, 0.25) is 0 Å². The standard InChI is InChI=1S/C24H27N5O2/c25-20-13-28-24(19-7-3-17(4-8-19)22-15-27-10-12-31-22)29-23(20)18-5-1-16(2-6-18)21-14-26-9-11-30-21/h1-8,13,21-22,26-27H,9-12,14-15,25H2. The third-order valence-electron chi connectivity index (χ3n) is 5.77. The monoisotopic (exact) mass is 417 g/mol. The Morgan fingerprint density at radius 3 is 1.84 bits per heavy atom. The van der Waals surface area contributed by atoms with E-state index in [4.69, 9.17) is 20.2 Å². The minimum absolute atomic E-state index is 0.0861. The summed E-state index contributed by atoms with van der Waals surface area (Å²) in [5.41, 5.74) is 11.7. The van der Waals surface area contributed by atoms with Gasteiger partial charge in [0, 0.05) is 37.3 Å². The molecule has 2 saturated heterocycles. The fraction of sp³-hybridized carbons (Fsp3) is 0.333. The first-order valence-corrected chi connectivity index (χ1v) is 10.8. The Hall–Kier alpha value is -2.84. The molecule has 1 aromatic heterocycles. The predicted molar refractivity (Wildman–Crippen MR) is 120 cm³/mol. The third-order valence-corrected chi connectivity index (χ3v) is 5.77. The van der Waals surface area contributed by atoms with Gasteiger partial charge in [-0.25, -0.2) is 9.97 Å². The zero-order chi connectivity index (χ0) is 21.0. The van der Waals surface area contributed by atoms with E-state index in [1.54, 1.807) is 6.20 Å². The lowest BCUT2D eigenvalue weighted by molar-refractivity contribution is 0.0276. The molecule has 0 saturated carbocycles. The molecular weight excluding hydrogens is 390 g/mol. The third kappa shape index (κ3) is 4.45. The van der Waals surface area contributed by atoms with Gasteiger partial charge >= 0.3 is 0 Å². The number of nitrogens with two attached hydrogens (primary N) is 1. The predicted octanol–water partition coefficient (Wildman–Crippen LogP) is 2.71. The number of aromatic nitrogens is 2. The van der Waals surface area contributed by atoms with Crippen molar-refractivity contribution in [3.8, 4) is 22.6 Å². The number of rotatable bonds is 4. The van der Waals surface area contributed by atoms with Crippen molar-refractivity contribution >= 4 is 5.69 Å². The smallest absolute Gasteiger partial charge is 0.159 e. The summed E-state index contributed by atoms with van der Waals surface area (Å²) in [5.74, 6) is 0.655. The van der Waals surface area contributed by atoms with Crippen LogP contribution >= 0.6 is 0 Å². The Kier molecular flexibility index (Phi) is 5.90. The molecule has 2 unspecified atom stereocenters. The molecule has 2 atom stereocenters. The molecular formula is C24H27N5O2. The first-order valence-electron chi connectivity index (χ1n) is 10.8. The summed E-state index contributed by atoms with van der Waals surface area (Å²) in [6, 6.07) is 16.5. The van der Waals surface area contributed by atoms with Crippen LogP contribution < -0.4 is 16.4 Å². The van der Waals surface area contributed by atoms with Crippen molar-refractivity contribution in [2.24, 2.45) is 0 Å². The molecule has 0 bridgehead atoms. The minimum Gasteiger partial charge on any atom is -0.396 e. The molecule has 7 nitrogen and oxygen atoms in total. The number of hydrogen-bond donors (Lipinski definition) is 3. The summed E-state index contributed by atoms with van der Waals surface area (Å²) < 4.78 is 11.7. The summed E-state index contributed by atoms with van der Waals surface area (Å²) in [4.78, 5) is 9.23. The molecule has 160 valence electrons. The summed E-state index contributed by atoms with van der Waals surface area (Å²) >= 11 is 0. The Bertz CT molecular complexity index is 1010. The largest absolute Gasteiger partial charge is 0.396 e. The van der Waals surface area contributed by atoms with Crippen LogP contribution in [0.25, 0.3) is 22.6 Å². The van der Waals surface area contributed by atoms with Crippen molar-refractivity contribution in [3.05, 3.63) is 65.9 Å². The fourth-order valence-electron chi connectivity index (χ4n) is 4.02. The average Bonchev–Trinajstić information content (AvgIpc) is 2.86. The zero-order valence-corrected chi connectivity index (χ0v) is 17.4. The zero-order valence-electron chi connectivity index (χ0n) is 17.4. The van der Waals surface area contributed by atoms with Crippen LogP contribution in [0.1, 0.15) is 23.3 Å². The molecule has 0 radical (unpaired) electrons. The van der Waals surface area contributed by atoms with E-state index >= 15 is 0 Å². The minimum atomic E-state index is 0.0861. The van der Waals surface area contributed by atoms with Gasteiger partial charge in [0.25, 0.3) is 0 Å². The quantitative estimate of drug-likeness (QED) is 0.601. The number of benzene rings is 2. The molecule has 7 heteroatoms. The lowest BCUT2D eigenvalue weighted by Crippen LogP contribution is -2.33. The highest BCUT2D eigenvalue weighted by Crippen LogP contribution is 2.29. The summed E-state index contributed by atoms with van der Waals surface area (Å²) in [5, 5.41) is 6.72. The van der Waals surface area contributed by atoms with E-state index in [-0.39, 0.29) is 12.2 Å². The molecule has 0 amide bonds. The van der Waals surface area contributed by atoms with Crippen molar-refractivity contribution in [2.45, 2.75) is 12.2 Å². The van der Waals surface area contributed by atoms with E-state index in [0.717, 1.165) is 67.3 Å². The van der Waals surface area contributed by atoms with Crippen LogP contribution in [0, 0.1) is 0 Å². The van der Waals surface area contributed by atoms with Crippen LogP contribution in [0.2, 0.25) is 0 Å². The van der Waals surface area contributed by atoms with Crippen molar-refractivity contribution in [2.75, 3.05) is 45.1 Å². The van der Waals surface area contributed by atoms with E-state index < -0.39 is 0 Å². The summed E-state index contributed by atoms with van der Waals surface area (Å²) in [6.45, 7) is 4.94. The molecule has 0 spiro atoms. The number of morpholine rings is 2. The van der Waals surface area contributed by atoms with Gasteiger partial charge in [0.15, 0.2) is 5.82 Å². The van der Waals surface area contributed by atoms with Gasteiger partial charge in [-0.05, 0) is 11.1 Å². The maximum absolute atomic E-state index is 6.22. The van der Waals surface area contributed by atoms with Crippen molar-refractivity contribution in [1.29, 1.82) is 0 Å². The van der Waals surface area contributed by atoms with E-state index in [1.807, 2.05) is 24.3 Å². The Balaban J connectivity index is 1.37. The number of ether oxygens (including phenoxy) is 2. The first-order chi connectivity index (χ1) is 15.3. The lowest BCUT2D eigenvalue weighted by Gasteiger charge is -2.24. The number of nitrogens with one attached hydrogen (secondary N) is 2. The van der Waals surface area contributed by atoms with Crippen molar-refractivity contribution < 1.29 is 9.47 Å². The van der Waals surface area contributed by atoms with Crippen LogP contribution in [-0.2, 0) is 9.47 Å². The highest BCUT2D eigenvalue weighted by atomic mass is 16.5. The molecule has 4 N–H and O–H groups in total. The number of hydrogen-bond acceptors (Lipinski definition) is 7. The summed E-state index contributed by atoms with van der Waals surface area (Å²) in [6.07, 6.45) is 1.86. The fourth-order valence-corrected chi connectivity index (χ4v) is 4.02. The molecule has 2 aliphatic heterocycles. The lowest BCUT2D eigenvalue weighted by atomic mass is 10.0.